The maximum atomic E-state index is 11.8. The van der Waals surface area contributed by atoms with Crippen LogP contribution in [0.25, 0.3) is 0 Å². The second kappa shape index (κ2) is 2.67. The molecule has 0 aromatic rings. The Kier molecular flexibility index (Phi) is 1.65. The molecular weight excluding hydrogens is 180 g/mol. The van der Waals surface area contributed by atoms with Gasteiger partial charge in [-0.1, -0.05) is 12.2 Å². The van der Waals surface area contributed by atoms with Crippen molar-refractivity contribution in [2.75, 3.05) is 0 Å². The second-order valence-electron chi connectivity index (χ2n) is 4.58. The number of hydrogen-bond acceptors (Lipinski definition) is 3. The van der Waals surface area contributed by atoms with Crippen molar-refractivity contribution in [1.29, 1.82) is 0 Å². The maximum Gasteiger partial charge on any atom is 0.144 e. The second-order valence-corrected chi connectivity index (χ2v) is 4.58. The first kappa shape index (κ1) is 8.62. The zero-order valence-corrected chi connectivity index (χ0v) is 7.98. The number of hydrogen-bond donors (Lipinski definition) is 1. The quantitative estimate of drug-likeness (QED) is 0.580. The van der Waals surface area contributed by atoms with E-state index in [1.54, 1.807) is 0 Å². The summed E-state index contributed by atoms with van der Waals surface area (Å²) in [7, 11) is 0. The molecule has 1 saturated carbocycles. The average Bonchev–Trinajstić information content (AvgIpc) is 2.43. The highest BCUT2D eigenvalue weighted by molar-refractivity contribution is 5.85. The van der Waals surface area contributed by atoms with Crippen LogP contribution in [0.5, 0.6) is 0 Å². The van der Waals surface area contributed by atoms with Crippen LogP contribution in [0.3, 0.4) is 0 Å². The van der Waals surface area contributed by atoms with Crippen molar-refractivity contribution in [2.45, 2.75) is 43.5 Å². The lowest BCUT2D eigenvalue weighted by atomic mass is 9.70. The molecule has 3 heteroatoms. The highest BCUT2D eigenvalue weighted by atomic mass is 16.5. The van der Waals surface area contributed by atoms with Gasteiger partial charge in [0.25, 0.3) is 0 Å². The van der Waals surface area contributed by atoms with Gasteiger partial charge in [-0.2, -0.15) is 0 Å². The van der Waals surface area contributed by atoms with E-state index in [9.17, 15) is 9.90 Å². The molecule has 2 heterocycles. The van der Waals surface area contributed by atoms with Crippen LogP contribution in [-0.2, 0) is 9.53 Å². The number of aliphatic hydroxyl groups excluding tert-OH is 1. The molecule has 0 aromatic heterocycles. The predicted molar refractivity (Wildman–Crippen MR) is 49.7 cm³/mol. The summed E-state index contributed by atoms with van der Waals surface area (Å²) >= 11 is 0. The first-order chi connectivity index (χ1) is 6.71. The molecule has 3 nitrogen and oxygen atoms in total. The number of Topliss-reactive ketones (excluding diaryl/α,β-unsaturated/α-hetero) is 1. The minimum absolute atomic E-state index is 0.0240. The molecule has 14 heavy (non-hydrogen) atoms. The molecule has 2 fully saturated rings. The van der Waals surface area contributed by atoms with Gasteiger partial charge in [0.2, 0.25) is 0 Å². The minimum Gasteiger partial charge on any atom is -0.392 e. The Morgan fingerprint density at radius 3 is 3.29 bits per heavy atom. The number of fused-ring (bicyclic) bond motifs is 1. The zero-order valence-electron chi connectivity index (χ0n) is 7.98. The van der Waals surface area contributed by atoms with E-state index in [4.69, 9.17) is 4.74 Å². The summed E-state index contributed by atoms with van der Waals surface area (Å²) in [5, 5.41) is 9.85. The van der Waals surface area contributed by atoms with E-state index in [-0.39, 0.29) is 17.8 Å². The SMILES string of the molecule is O=C1C[C@H]2C=C[C@]3(CCC[C@H](O)[C@@H]13)O2. The summed E-state index contributed by atoms with van der Waals surface area (Å²) in [6.07, 6.45) is 6.48. The molecule has 3 rings (SSSR count). The van der Waals surface area contributed by atoms with E-state index in [1.807, 2.05) is 12.2 Å². The molecule has 3 aliphatic rings. The van der Waals surface area contributed by atoms with Gasteiger partial charge in [-0.05, 0) is 19.3 Å². The highest BCUT2D eigenvalue weighted by Crippen LogP contribution is 2.47. The largest absolute Gasteiger partial charge is 0.392 e. The molecule has 1 aliphatic carbocycles. The number of ether oxygens (including phenoxy) is 1. The van der Waals surface area contributed by atoms with E-state index < -0.39 is 11.7 Å². The third-order valence-electron chi connectivity index (χ3n) is 3.69. The fourth-order valence-electron chi connectivity index (χ4n) is 3.11. The van der Waals surface area contributed by atoms with Crippen LogP contribution in [0.1, 0.15) is 25.7 Å². The van der Waals surface area contributed by atoms with Gasteiger partial charge < -0.3 is 9.84 Å². The van der Waals surface area contributed by atoms with Gasteiger partial charge in [0.15, 0.2) is 0 Å². The Hall–Kier alpha value is -0.670. The molecule has 0 amide bonds. The lowest BCUT2D eigenvalue weighted by Gasteiger charge is -2.45. The molecule has 4 atom stereocenters. The van der Waals surface area contributed by atoms with Gasteiger partial charge in [0.1, 0.15) is 5.78 Å². The number of carbonyl (C=O) groups excluding carboxylic acids is 1. The topological polar surface area (TPSA) is 46.5 Å². The molecule has 0 unspecified atom stereocenters. The number of rotatable bonds is 0. The Bertz CT molecular complexity index is 310. The molecule has 1 saturated heterocycles. The summed E-state index contributed by atoms with van der Waals surface area (Å²) in [6.45, 7) is 0. The van der Waals surface area contributed by atoms with E-state index in [0.717, 1.165) is 19.3 Å². The molecule has 0 aromatic carbocycles. The number of aliphatic hydroxyl groups is 1. The predicted octanol–water partition coefficient (Wildman–Crippen LogP) is 0.814. The van der Waals surface area contributed by atoms with E-state index in [1.165, 1.54) is 0 Å². The lowest BCUT2D eigenvalue weighted by molar-refractivity contribution is -0.171. The summed E-state index contributed by atoms with van der Waals surface area (Å²) in [5.74, 6) is -0.121. The van der Waals surface area contributed by atoms with Crippen molar-refractivity contribution < 1.29 is 14.6 Å². The van der Waals surface area contributed by atoms with Gasteiger partial charge in [0, 0.05) is 6.42 Å². The van der Waals surface area contributed by atoms with Crippen LogP contribution < -0.4 is 0 Å². The van der Waals surface area contributed by atoms with Crippen LogP contribution in [-0.4, -0.2) is 28.7 Å². The van der Waals surface area contributed by atoms with Crippen molar-refractivity contribution in [1.82, 2.24) is 0 Å². The van der Waals surface area contributed by atoms with Crippen molar-refractivity contribution >= 4 is 5.78 Å². The molecule has 76 valence electrons. The first-order valence-corrected chi connectivity index (χ1v) is 5.29. The number of ketones is 1. The summed E-state index contributed by atoms with van der Waals surface area (Å²) in [4.78, 5) is 11.8. The van der Waals surface area contributed by atoms with E-state index >= 15 is 0 Å². The van der Waals surface area contributed by atoms with Crippen molar-refractivity contribution in [3.05, 3.63) is 12.2 Å². The van der Waals surface area contributed by atoms with Crippen LogP contribution in [0.15, 0.2) is 12.2 Å². The summed E-state index contributed by atoms with van der Waals surface area (Å²) < 4.78 is 5.84. The first-order valence-electron chi connectivity index (χ1n) is 5.29. The van der Waals surface area contributed by atoms with Gasteiger partial charge in [-0.15, -0.1) is 0 Å². The van der Waals surface area contributed by atoms with Crippen LogP contribution in [0.4, 0.5) is 0 Å². The Balaban J connectivity index is 2.02. The lowest BCUT2D eigenvalue weighted by Crippen LogP contribution is -2.54. The maximum absolute atomic E-state index is 11.8. The zero-order chi connectivity index (χ0) is 9.76. The third kappa shape index (κ3) is 0.969. The van der Waals surface area contributed by atoms with Crippen molar-refractivity contribution in [2.24, 2.45) is 5.92 Å². The molecule has 1 spiro atoms. The Morgan fingerprint density at radius 2 is 2.43 bits per heavy atom. The Labute approximate surface area is 82.8 Å². The standard InChI is InChI=1S/C11H14O3/c12-8-2-1-4-11-5-3-7(14-11)6-9(13)10(8)11/h3,5,7-8,10,12H,1-2,4,6H2/t7-,8+,10+,11+/m1/s1. The molecule has 2 bridgehead atoms. The average molecular weight is 194 g/mol. The molecule has 2 aliphatic heterocycles. The fraction of sp³-hybridized carbons (Fsp3) is 0.727. The van der Waals surface area contributed by atoms with Crippen molar-refractivity contribution in [3.8, 4) is 0 Å². The third-order valence-corrected chi connectivity index (χ3v) is 3.69. The van der Waals surface area contributed by atoms with Crippen LogP contribution in [0, 0.1) is 5.92 Å². The minimum atomic E-state index is -0.500. The van der Waals surface area contributed by atoms with Gasteiger partial charge >= 0.3 is 0 Å². The van der Waals surface area contributed by atoms with E-state index in [2.05, 4.69) is 0 Å². The van der Waals surface area contributed by atoms with Gasteiger partial charge in [-0.25, -0.2) is 0 Å². The smallest absolute Gasteiger partial charge is 0.144 e. The van der Waals surface area contributed by atoms with Crippen LogP contribution >= 0.6 is 0 Å². The normalized spacial score (nSPS) is 50.6. The highest BCUT2D eigenvalue weighted by Gasteiger charge is 2.54. The van der Waals surface area contributed by atoms with E-state index in [0.29, 0.717) is 6.42 Å². The Morgan fingerprint density at radius 1 is 1.57 bits per heavy atom. The van der Waals surface area contributed by atoms with Crippen LogP contribution in [0.2, 0.25) is 0 Å². The van der Waals surface area contributed by atoms with Crippen molar-refractivity contribution in [3.63, 3.8) is 0 Å². The molecular formula is C11H14O3. The molecule has 0 radical (unpaired) electrons. The summed E-state index contributed by atoms with van der Waals surface area (Å²) in [5.41, 5.74) is -0.447. The fourth-order valence-corrected chi connectivity index (χ4v) is 3.11. The van der Waals surface area contributed by atoms with Gasteiger partial charge in [-0.3, -0.25) is 4.79 Å². The number of carbonyl (C=O) groups is 1. The summed E-state index contributed by atoms with van der Waals surface area (Å²) in [6, 6.07) is 0. The van der Waals surface area contributed by atoms with Gasteiger partial charge in [0.05, 0.1) is 23.7 Å². The molecule has 1 N–H and O–H groups in total. The monoisotopic (exact) mass is 194 g/mol.